The van der Waals surface area contributed by atoms with Crippen molar-refractivity contribution in [2.45, 2.75) is 119 Å². The summed E-state index contributed by atoms with van der Waals surface area (Å²) in [7, 11) is 0. The van der Waals surface area contributed by atoms with Gasteiger partial charge in [-0.1, -0.05) is 99.3 Å². The zero-order valence-electron chi connectivity index (χ0n) is 18.9. The number of hydrogen-bond donors (Lipinski definition) is 0. The molecule has 150 valence electrons. The molecule has 0 unspecified atom stereocenters. The van der Waals surface area contributed by atoms with E-state index in [0.717, 1.165) is 37.0 Å². The fraction of sp³-hybridized carbons (Fsp3) is 0.875. The molecule has 0 nitrogen and oxygen atoms in total. The Labute approximate surface area is 174 Å². The Bertz CT molecular complexity index is 151. The van der Waals surface area contributed by atoms with Crippen molar-refractivity contribution >= 4 is 17.4 Å². The van der Waals surface area contributed by atoms with Crippen molar-refractivity contribution in [1.29, 1.82) is 0 Å². The maximum atomic E-state index is 3.78. The van der Waals surface area contributed by atoms with E-state index in [9.17, 15) is 0 Å². The molecule has 0 spiro atoms. The van der Waals surface area contributed by atoms with Crippen molar-refractivity contribution in [3.8, 4) is 0 Å². The Hall–Kier alpha value is 0.532. The first-order valence-corrected chi connectivity index (χ1v) is 10.7. The number of rotatable bonds is 12. The minimum absolute atomic E-state index is 0. The van der Waals surface area contributed by atoms with Gasteiger partial charge in [-0.25, -0.2) is 0 Å². The van der Waals surface area contributed by atoms with Crippen LogP contribution in [-0.2, 0) is 0 Å². The van der Waals surface area contributed by atoms with Gasteiger partial charge in [-0.15, -0.1) is 0 Å². The molecule has 0 bridgehead atoms. The van der Waals surface area contributed by atoms with Crippen LogP contribution in [-0.4, -0.2) is 17.4 Å². The smallest absolute Gasteiger partial charge is 0.343 e. The van der Waals surface area contributed by atoms with Crippen molar-refractivity contribution in [2.24, 2.45) is 17.8 Å². The van der Waals surface area contributed by atoms with Crippen LogP contribution in [0.15, 0.2) is 0 Å². The largest absolute Gasteiger partial charge is 3.00 e. The predicted molar refractivity (Wildman–Crippen MR) is 122 cm³/mol. The quantitative estimate of drug-likeness (QED) is 0.184. The molecule has 1 heteroatoms. The molecule has 0 aromatic rings. The van der Waals surface area contributed by atoms with Crippen molar-refractivity contribution in [1.82, 2.24) is 0 Å². The Kier molecular flexibility index (Phi) is 38.8. The van der Waals surface area contributed by atoms with Crippen LogP contribution in [0.25, 0.3) is 0 Å². The third-order valence-corrected chi connectivity index (χ3v) is 3.84. The van der Waals surface area contributed by atoms with Gasteiger partial charge in [0.1, 0.15) is 0 Å². The van der Waals surface area contributed by atoms with Gasteiger partial charge in [0.2, 0.25) is 0 Å². The maximum absolute atomic E-state index is 3.78. The predicted octanol–water partition coefficient (Wildman–Crippen LogP) is 8.73. The molecular weight excluding hydrogens is 315 g/mol. The summed E-state index contributed by atoms with van der Waals surface area (Å²) < 4.78 is 0. The Morgan fingerprint density at radius 1 is 0.440 bits per heavy atom. The molecule has 0 amide bonds. The first-order valence-electron chi connectivity index (χ1n) is 10.7. The molecule has 0 saturated carbocycles. The zero-order valence-corrected chi connectivity index (χ0v) is 20.1. The minimum atomic E-state index is 0. The van der Waals surface area contributed by atoms with Crippen LogP contribution < -0.4 is 0 Å². The van der Waals surface area contributed by atoms with E-state index in [1.807, 2.05) is 0 Å². The second-order valence-corrected chi connectivity index (χ2v) is 8.23. The summed E-state index contributed by atoms with van der Waals surface area (Å²) in [5, 5.41) is 0. The third-order valence-electron chi connectivity index (χ3n) is 3.84. The van der Waals surface area contributed by atoms with Crippen LogP contribution in [0.4, 0.5) is 0 Å². The van der Waals surface area contributed by atoms with Crippen LogP contribution in [0.1, 0.15) is 119 Å². The maximum Gasteiger partial charge on any atom is 3.00 e. The van der Waals surface area contributed by atoms with E-state index in [2.05, 4.69) is 62.3 Å². The average molecular weight is 367 g/mol. The molecular formula is C24H51Al. The minimum Gasteiger partial charge on any atom is -0.343 e. The first kappa shape index (κ1) is 33.1. The van der Waals surface area contributed by atoms with E-state index in [1.165, 1.54) is 57.8 Å². The summed E-state index contributed by atoms with van der Waals surface area (Å²) in [6.07, 6.45) is 15.4. The molecule has 0 aromatic heterocycles. The summed E-state index contributed by atoms with van der Waals surface area (Å²) in [5.74, 6) is 2.63. The van der Waals surface area contributed by atoms with Crippen LogP contribution in [0.5, 0.6) is 0 Å². The van der Waals surface area contributed by atoms with Gasteiger partial charge in [-0.3, -0.25) is 0 Å². The normalized spacial score (nSPS) is 10.1. The second-order valence-electron chi connectivity index (χ2n) is 8.23. The average Bonchev–Trinajstić information content (AvgIpc) is 2.48. The molecule has 25 heavy (non-hydrogen) atoms. The number of unbranched alkanes of at least 4 members (excludes halogenated alkanes) is 6. The van der Waals surface area contributed by atoms with Crippen molar-refractivity contribution in [3.05, 3.63) is 20.8 Å². The standard InChI is InChI=1S/3C8H17.Al/c3*1-4-5-6-7-8(2)3;/h3*8H,1,4-7H2,2-3H3;/q3*-1;+3. The van der Waals surface area contributed by atoms with E-state index in [1.54, 1.807) is 0 Å². The fourth-order valence-corrected chi connectivity index (χ4v) is 2.19. The van der Waals surface area contributed by atoms with Gasteiger partial charge in [-0.05, 0) is 17.8 Å². The topological polar surface area (TPSA) is 0 Å². The molecule has 0 aliphatic carbocycles. The van der Waals surface area contributed by atoms with Crippen LogP contribution in [0.2, 0.25) is 0 Å². The van der Waals surface area contributed by atoms with Crippen molar-refractivity contribution in [2.75, 3.05) is 0 Å². The van der Waals surface area contributed by atoms with Crippen molar-refractivity contribution < 1.29 is 0 Å². The van der Waals surface area contributed by atoms with E-state index >= 15 is 0 Å². The molecule has 0 saturated heterocycles. The van der Waals surface area contributed by atoms with Gasteiger partial charge in [0.15, 0.2) is 0 Å². The van der Waals surface area contributed by atoms with Crippen LogP contribution in [0, 0.1) is 38.5 Å². The molecule has 0 aromatic carbocycles. The monoisotopic (exact) mass is 366 g/mol. The van der Waals surface area contributed by atoms with Crippen molar-refractivity contribution in [3.63, 3.8) is 0 Å². The molecule has 0 aliphatic heterocycles. The Morgan fingerprint density at radius 3 is 0.760 bits per heavy atom. The second kappa shape index (κ2) is 29.3. The summed E-state index contributed by atoms with van der Waals surface area (Å²) in [6.45, 7) is 24.9. The van der Waals surface area contributed by atoms with E-state index in [0.29, 0.717) is 0 Å². The SMILES string of the molecule is [Al+3].[CH2-]CCCCC(C)C.[CH2-]CCCCC(C)C.[CH2-]CCCCC(C)C. The summed E-state index contributed by atoms with van der Waals surface area (Å²) in [4.78, 5) is 0. The molecule has 0 fully saturated rings. The summed E-state index contributed by atoms with van der Waals surface area (Å²) in [5.41, 5.74) is 0. The van der Waals surface area contributed by atoms with Gasteiger partial charge in [0, 0.05) is 0 Å². The molecule has 0 heterocycles. The van der Waals surface area contributed by atoms with E-state index in [-0.39, 0.29) is 17.4 Å². The van der Waals surface area contributed by atoms with Gasteiger partial charge in [0.05, 0.1) is 0 Å². The number of hydrogen-bond acceptors (Lipinski definition) is 0. The molecule has 0 atom stereocenters. The molecule has 0 aliphatic rings. The van der Waals surface area contributed by atoms with Gasteiger partial charge < -0.3 is 20.8 Å². The van der Waals surface area contributed by atoms with Gasteiger partial charge in [0.25, 0.3) is 0 Å². The van der Waals surface area contributed by atoms with E-state index < -0.39 is 0 Å². The molecule has 0 rings (SSSR count). The summed E-state index contributed by atoms with van der Waals surface area (Å²) in [6, 6.07) is 0. The van der Waals surface area contributed by atoms with Gasteiger partial charge >= 0.3 is 17.4 Å². The molecule has 0 N–H and O–H groups in total. The summed E-state index contributed by atoms with van der Waals surface area (Å²) >= 11 is 0. The van der Waals surface area contributed by atoms with Crippen LogP contribution in [0.3, 0.4) is 0 Å². The Balaban J connectivity index is -0.000000130. The van der Waals surface area contributed by atoms with Gasteiger partial charge in [-0.2, -0.15) is 19.3 Å². The van der Waals surface area contributed by atoms with E-state index in [4.69, 9.17) is 0 Å². The first-order chi connectivity index (χ1) is 11.3. The fourth-order valence-electron chi connectivity index (χ4n) is 2.19. The third kappa shape index (κ3) is 51.6. The van der Waals surface area contributed by atoms with Crippen LogP contribution >= 0.6 is 0 Å². The zero-order chi connectivity index (χ0) is 19.2. The molecule has 0 radical (unpaired) electrons. The Morgan fingerprint density at radius 2 is 0.640 bits per heavy atom.